The molecule has 2 aromatic carbocycles. The van der Waals surface area contributed by atoms with Crippen molar-refractivity contribution in [1.82, 2.24) is 4.98 Å². The van der Waals surface area contributed by atoms with E-state index in [-0.39, 0.29) is 11.7 Å². The fraction of sp³-hybridized carbons (Fsp3) is 0.280. The van der Waals surface area contributed by atoms with Crippen LogP contribution >= 0.6 is 7.37 Å². The van der Waals surface area contributed by atoms with Crippen molar-refractivity contribution in [2.45, 2.75) is 39.2 Å². The zero-order valence-electron chi connectivity index (χ0n) is 18.5. The molecule has 0 saturated heterocycles. The molecule has 6 nitrogen and oxygen atoms in total. The second kappa shape index (κ2) is 9.84. The van der Waals surface area contributed by atoms with E-state index >= 15 is 0 Å². The Balaban J connectivity index is 2.25. The minimum Gasteiger partial charge on any atom is -0.481 e. The molecule has 1 unspecified atom stereocenters. The van der Waals surface area contributed by atoms with Crippen LogP contribution in [0.1, 0.15) is 43.0 Å². The van der Waals surface area contributed by atoms with E-state index in [0.717, 1.165) is 5.39 Å². The van der Waals surface area contributed by atoms with Gasteiger partial charge in [-0.3, -0.25) is 14.3 Å². The highest BCUT2D eigenvalue weighted by atomic mass is 31.2. The maximum Gasteiger partial charge on any atom is 0.305 e. The molecule has 0 aliphatic carbocycles. The molecule has 1 heterocycles. The Kier molecular flexibility index (Phi) is 7.34. The van der Waals surface area contributed by atoms with Crippen molar-refractivity contribution < 1.29 is 28.9 Å². The lowest BCUT2D eigenvalue weighted by Gasteiger charge is -2.17. The number of hydrogen-bond acceptors (Lipinski definition) is 4. The van der Waals surface area contributed by atoms with Gasteiger partial charge in [-0.15, -0.1) is 0 Å². The van der Waals surface area contributed by atoms with E-state index in [2.05, 4.69) is 11.6 Å². The number of benzene rings is 2. The lowest BCUT2D eigenvalue weighted by molar-refractivity contribution is -0.138. The van der Waals surface area contributed by atoms with Gasteiger partial charge in [-0.05, 0) is 47.8 Å². The molecule has 3 aromatic rings. The summed E-state index contributed by atoms with van der Waals surface area (Å²) in [6.45, 7) is 5.51. The number of carboxylic acids is 1. The van der Waals surface area contributed by atoms with Crippen LogP contribution in [0.2, 0.25) is 0 Å². The van der Waals surface area contributed by atoms with Gasteiger partial charge >= 0.3 is 5.97 Å². The SMILES string of the molecule is Cc1cc(-c2c(C#CP(=O)(O)C[C@@H](O)CC(=O)O)c(C(C)C)nc3ccccc23)ccc1F. The standard InChI is InChI=1S/C25H25FNO5P/c1-15(2)25-20(10-11-33(31,32)14-18(28)13-23(29)30)24(17-8-9-21(26)16(3)12-17)19-6-4-5-7-22(19)27-25/h4-9,12,15,18,28H,13-14H2,1-3H3,(H,29,30)(H,31,32)/t18-/m0/s1. The van der Waals surface area contributed by atoms with E-state index in [1.54, 1.807) is 19.1 Å². The van der Waals surface area contributed by atoms with Crippen LogP contribution in [-0.4, -0.2) is 38.3 Å². The summed E-state index contributed by atoms with van der Waals surface area (Å²) in [7, 11) is -4.17. The summed E-state index contributed by atoms with van der Waals surface area (Å²) in [6, 6.07) is 12.1. The molecule has 0 aliphatic heterocycles. The maximum absolute atomic E-state index is 14.0. The second-order valence-corrected chi connectivity index (χ2v) is 10.2. The van der Waals surface area contributed by atoms with Gasteiger partial charge in [0, 0.05) is 10.9 Å². The molecule has 3 N–H and O–H groups in total. The van der Waals surface area contributed by atoms with Crippen molar-refractivity contribution in [2.24, 2.45) is 0 Å². The number of para-hydroxylation sites is 1. The number of nitrogens with zero attached hydrogens (tertiary/aromatic N) is 1. The Morgan fingerprint density at radius 3 is 2.55 bits per heavy atom. The number of rotatable bonds is 6. The summed E-state index contributed by atoms with van der Waals surface area (Å²) in [4.78, 5) is 25.8. The normalized spacial score (nSPS) is 13.9. The van der Waals surface area contributed by atoms with Crippen LogP contribution in [0, 0.1) is 24.3 Å². The average molecular weight is 469 g/mol. The summed E-state index contributed by atoms with van der Waals surface area (Å²) < 4.78 is 26.6. The molecule has 0 bridgehead atoms. The van der Waals surface area contributed by atoms with Crippen molar-refractivity contribution in [1.29, 1.82) is 0 Å². The number of aliphatic hydroxyl groups is 1. The van der Waals surface area contributed by atoms with Gasteiger partial charge in [0.2, 0.25) is 0 Å². The number of carbonyl (C=O) groups is 1. The minimum atomic E-state index is -4.17. The summed E-state index contributed by atoms with van der Waals surface area (Å²) in [5.41, 5.74) is 5.95. The van der Waals surface area contributed by atoms with Gasteiger partial charge in [-0.2, -0.15) is 0 Å². The van der Waals surface area contributed by atoms with Crippen LogP contribution < -0.4 is 0 Å². The fourth-order valence-electron chi connectivity index (χ4n) is 3.62. The third-order valence-corrected chi connectivity index (χ3v) is 6.52. The van der Waals surface area contributed by atoms with Crippen molar-refractivity contribution in [3.63, 3.8) is 0 Å². The molecular formula is C25H25FNO5P. The Bertz CT molecular complexity index is 1330. The molecule has 3 rings (SSSR count). The molecule has 172 valence electrons. The number of aryl methyl sites for hydroxylation is 1. The second-order valence-electron chi connectivity index (χ2n) is 8.26. The van der Waals surface area contributed by atoms with Gasteiger partial charge < -0.3 is 15.1 Å². The molecule has 1 aromatic heterocycles. The van der Waals surface area contributed by atoms with Crippen molar-refractivity contribution in [2.75, 3.05) is 6.16 Å². The van der Waals surface area contributed by atoms with E-state index in [4.69, 9.17) is 10.1 Å². The average Bonchev–Trinajstić information content (AvgIpc) is 2.72. The first-order valence-electron chi connectivity index (χ1n) is 10.4. The molecule has 0 fully saturated rings. The quantitative estimate of drug-likeness (QED) is 0.351. The van der Waals surface area contributed by atoms with E-state index < -0.39 is 32.0 Å². The Morgan fingerprint density at radius 2 is 1.91 bits per heavy atom. The Labute approximate surface area is 191 Å². The predicted molar refractivity (Wildman–Crippen MR) is 126 cm³/mol. The van der Waals surface area contributed by atoms with Gasteiger partial charge in [-0.25, -0.2) is 4.39 Å². The number of halogens is 1. The molecule has 0 radical (unpaired) electrons. The number of hydrogen-bond donors (Lipinski definition) is 3. The first-order chi connectivity index (χ1) is 15.5. The van der Waals surface area contributed by atoms with E-state index in [9.17, 15) is 23.7 Å². The van der Waals surface area contributed by atoms with Crippen LogP contribution in [0.4, 0.5) is 4.39 Å². The number of aliphatic carboxylic acids is 1. The lowest BCUT2D eigenvalue weighted by Crippen LogP contribution is -2.17. The first kappa shape index (κ1) is 24.6. The van der Waals surface area contributed by atoms with Gasteiger partial charge in [0.05, 0.1) is 35.5 Å². The Hall–Kier alpha value is -3.04. The Morgan fingerprint density at radius 1 is 1.21 bits per heavy atom. The zero-order chi connectivity index (χ0) is 24.3. The molecule has 8 heteroatoms. The highest BCUT2D eigenvalue weighted by Gasteiger charge is 2.24. The topological polar surface area (TPSA) is 108 Å². The monoisotopic (exact) mass is 469 g/mol. The summed E-state index contributed by atoms with van der Waals surface area (Å²) in [6.07, 6.45) is -2.80. The van der Waals surface area contributed by atoms with Crippen LogP contribution in [0.3, 0.4) is 0 Å². The van der Waals surface area contributed by atoms with E-state index in [1.807, 2.05) is 38.1 Å². The van der Waals surface area contributed by atoms with Gasteiger partial charge in [-0.1, -0.05) is 44.0 Å². The summed E-state index contributed by atoms with van der Waals surface area (Å²) in [5, 5.41) is 19.3. The van der Waals surface area contributed by atoms with Gasteiger partial charge in [0.25, 0.3) is 7.37 Å². The minimum absolute atomic E-state index is 0.0742. The van der Waals surface area contributed by atoms with Crippen LogP contribution in [0.25, 0.3) is 22.0 Å². The van der Waals surface area contributed by atoms with Crippen LogP contribution in [0.5, 0.6) is 0 Å². The van der Waals surface area contributed by atoms with Crippen molar-refractivity contribution >= 4 is 24.2 Å². The number of carboxylic acid groups (broad SMARTS) is 1. The molecular weight excluding hydrogens is 444 g/mol. The smallest absolute Gasteiger partial charge is 0.305 e. The number of aliphatic hydroxyl groups excluding tert-OH is 1. The number of pyridine rings is 1. The lowest BCUT2D eigenvalue weighted by atomic mass is 9.90. The highest BCUT2D eigenvalue weighted by Crippen LogP contribution is 2.41. The first-order valence-corrected chi connectivity index (χ1v) is 12.3. The maximum atomic E-state index is 14.0. The highest BCUT2D eigenvalue weighted by molar-refractivity contribution is 7.63. The number of aromatic nitrogens is 1. The molecule has 0 saturated carbocycles. The third-order valence-electron chi connectivity index (χ3n) is 5.14. The van der Waals surface area contributed by atoms with Crippen LogP contribution in [-0.2, 0) is 9.36 Å². The largest absolute Gasteiger partial charge is 0.481 e. The fourth-order valence-corrected chi connectivity index (χ4v) is 4.69. The molecule has 0 spiro atoms. The van der Waals surface area contributed by atoms with Crippen LogP contribution in [0.15, 0.2) is 42.5 Å². The molecule has 0 amide bonds. The number of fused-ring (bicyclic) bond motifs is 1. The summed E-state index contributed by atoms with van der Waals surface area (Å²) >= 11 is 0. The summed E-state index contributed by atoms with van der Waals surface area (Å²) in [5.74, 6) is 1.12. The van der Waals surface area contributed by atoms with Crippen molar-refractivity contribution in [3.05, 3.63) is 65.1 Å². The van der Waals surface area contributed by atoms with Gasteiger partial charge in [0.1, 0.15) is 5.82 Å². The van der Waals surface area contributed by atoms with Gasteiger partial charge in [0.15, 0.2) is 0 Å². The molecule has 2 atom stereocenters. The molecule has 0 aliphatic rings. The zero-order valence-corrected chi connectivity index (χ0v) is 19.4. The predicted octanol–water partition coefficient (Wildman–Crippen LogP) is 4.89. The van der Waals surface area contributed by atoms with Crippen molar-refractivity contribution in [3.8, 4) is 22.7 Å². The molecule has 33 heavy (non-hydrogen) atoms. The van der Waals surface area contributed by atoms with E-state index in [1.165, 1.54) is 6.07 Å². The third kappa shape index (κ3) is 5.85. The van der Waals surface area contributed by atoms with E-state index in [0.29, 0.717) is 33.5 Å².